The molecule has 0 aliphatic rings. The van der Waals surface area contributed by atoms with Gasteiger partial charge in [0.2, 0.25) is 0 Å². The fourth-order valence-corrected chi connectivity index (χ4v) is 4.98. The van der Waals surface area contributed by atoms with E-state index in [0.29, 0.717) is 0 Å². The van der Waals surface area contributed by atoms with E-state index in [1.807, 2.05) is 0 Å². The molecule has 0 aliphatic heterocycles. The van der Waals surface area contributed by atoms with Crippen LogP contribution < -0.4 is 0 Å². The van der Waals surface area contributed by atoms with Crippen LogP contribution in [0.25, 0.3) is 0 Å². The molecule has 0 aromatic heterocycles. The SMILES string of the molecule is CCCCCCC(C#C[Si](CC)(CC)OC(C)C)OC(C)=O. The Morgan fingerprint density at radius 1 is 1.09 bits per heavy atom. The van der Waals surface area contributed by atoms with Gasteiger partial charge in [0.05, 0.1) is 0 Å². The van der Waals surface area contributed by atoms with Crippen molar-refractivity contribution < 1.29 is 14.0 Å². The van der Waals surface area contributed by atoms with E-state index in [9.17, 15) is 4.79 Å². The summed E-state index contributed by atoms with van der Waals surface area (Å²) in [5, 5.41) is 0. The van der Waals surface area contributed by atoms with Crippen molar-refractivity contribution in [2.75, 3.05) is 0 Å². The number of hydrogen-bond acceptors (Lipinski definition) is 3. The minimum Gasteiger partial charge on any atom is -0.449 e. The summed E-state index contributed by atoms with van der Waals surface area (Å²) in [5.74, 6) is 2.97. The highest BCUT2D eigenvalue weighted by Gasteiger charge is 2.30. The molecule has 0 amide bonds. The van der Waals surface area contributed by atoms with E-state index in [2.05, 4.69) is 46.1 Å². The van der Waals surface area contributed by atoms with E-state index in [-0.39, 0.29) is 18.2 Å². The molecule has 3 nitrogen and oxygen atoms in total. The Balaban J connectivity index is 4.89. The number of carbonyl (C=O) groups is 1. The third kappa shape index (κ3) is 9.27. The molecule has 0 bridgehead atoms. The lowest BCUT2D eigenvalue weighted by Gasteiger charge is -2.26. The van der Waals surface area contributed by atoms with Crippen LogP contribution in [0.2, 0.25) is 12.1 Å². The monoisotopic (exact) mass is 326 g/mol. The molecule has 0 saturated carbocycles. The molecule has 22 heavy (non-hydrogen) atoms. The number of hydrogen-bond donors (Lipinski definition) is 0. The third-order valence-electron chi connectivity index (χ3n) is 3.69. The van der Waals surface area contributed by atoms with E-state index in [1.54, 1.807) is 0 Å². The zero-order valence-corrected chi connectivity index (χ0v) is 16.3. The molecular formula is C18H34O3Si. The van der Waals surface area contributed by atoms with Gasteiger partial charge in [-0.15, -0.1) is 0 Å². The maximum Gasteiger partial charge on any atom is 0.303 e. The van der Waals surface area contributed by atoms with Crippen molar-refractivity contribution >= 4 is 14.3 Å². The summed E-state index contributed by atoms with van der Waals surface area (Å²) in [6, 6.07) is 1.94. The van der Waals surface area contributed by atoms with Crippen molar-refractivity contribution in [2.45, 2.75) is 97.9 Å². The molecule has 0 aromatic rings. The van der Waals surface area contributed by atoms with Crippen molar-refractivity contribution in [2.24, 2.45) is 0 Å². The van der Waals surface area contributed by atoms with Gasteiger partial charge in [-0.2, -0.15) is 0 Å². The number of rotatable bonds is 10. The maximum absolute atomic E-state index is 11.3. The molecule has 1 unspecified atom stereocenters. The van der Waals surface area contributed by atoms with Crippen LogP contribution >= 0.6 is 0 Å². The molecule has 0 N–H and O–H groups in total. The van der Waals surface area contributed by atoms with E-state index < -0.39 is 8.32 Å². The van der Waals surface area contributed by atoms with E-state index >= 15 is 0 Å². The van der Waals surface area contributed by atoms with Gasteiger partial charge in [0.1, 0.15) is 0 Å². The molecule has 0 spiro atoms. The quantitative estimate of drug-likeness (QED) is 0.249. The highest BCUT2D eigenvalue weighted by Crippen LogP contribution is 2.18. The summed E-state index contributed by atoms with van der Waals surface area (Å²) in [6.45, 7) is 12.1. The predicted molar refractivity (Wildman–Crippen MR) is 95.0 cm³/mol. The molecule has 128 valence electrons. The average molecular weight is 327 g/mol. The van der Waals surface area contributed by atoms with Gasteiger partial charge in [-0.05, 0) is 38.8 Å². The van der Waals surface area contributed by atoms with E-state index in [4.69, 9.17) is 9.16 Å². The van der Waals surface area contributed by atoms with Gasteiger partial charge >= 0.3 is 5.97 Å². The molecule has 0 aromatic carbocycles. The van der Waals surface area contributed by atoms with Gasteiger partial charge in [-0.25, -0.2) is 0 Å². The molecule has 0 radical (unpaired) electrons. The van der Waals surface area contributed by atoms with Gasteiger partial charge in [-0.1, -0.05) is 51.5 Å². The van der Waals surface area contributed by atoms with E-state index in [0.717, 1.165) is 24.9 Å². The van der Waals surface area contributed by atoms with Crippen LogP contribution in [0.3, 0.4) is 0 Å². The summed E-state index contributed by atoms with van der Waals surface area (Å²) in [5.41, 5.74) is 3.40. The smallest absolute Gasteiger partial charge is 0.303 e. The Kier molecular flexibility index (Phi) is 11.3. The van der Waals surface area contributed by atoms with Crippen LogP contribution in [0.1, 0.15) is 73.6 Å². The van der Waals surface area contributed by atoms with Crippen LogP contribution in [0, 0.1) is 11.5 Å². The average Bonchev–Trinajstić information content (AvgIpc) is 2.46. The van der Waals surface area contributed by atoms with Gasteiger partial charge in [0.15, 0.2) is 6.10 Å². The minimum atomic E-state index is -2.03. The standard InChI is InChI=1S/C18H34O3Si/c1-7-10-11-12-13-18(20-17(6)19)14-15-22(8-2,9-3)21-16(4)5/h16,18H,7-13H2,1-6H3. The minimum absolute atomic E-state index is 0.192. The number of esters is 1. The Morgan fingerprint density at radius 2 is 1.73 bits per heavy atom. The summed E-state index contributed by atoms with van der Waals surface area (Å²) in [6.07, 6.45) is 5.38. The first-order chi connectivity index (χ1) is 10.4. The first kappa shape index (κ1) is 21.2. The number of ether oxygens (including phenoxy) is 1. The van der Waals surface area contributed by atoms with Crippen LogP contribution in [0.4, 0.5) is 0 Å². The van der Waals surface area contributed by atoms with Crippen LogP contribution in [0.5, 0.6) is 0 Å². The second kappa shape index (κ2) is 11.7. The maximum atomic E-state index is 11.3. The van der Waals surface area contributed by atoms with Crippen LogP contribution in [-0.4, -0.2) is 26.5 Å². The Labute approximate surface area is 138 Å². The molecule has 0 saturated heterocycles. The zero-order chi connectivity index (χ0) is 17.0. The highest BCUT2D eigenvalue weighted by molar-refractivity contribution is 6.81. The van der Waals surface area contributed by atoms with Crippen molar-refractivity contribution in [1.29, 1.82) is 0 Å². The molecular weight excluding hydrogens is 292 g/mol. The fraction of sp³-hybridized carbons (Fsp3) is 0.833. The zero-order valence-electron chi connectivity index (χ0n) is 15.3. The van der Waals surface area contributed by atoms with Crippen molar-refractivity contribution in [1.82, 2.24) is 0 Å². The Hall–Kier alpha value is -0.793. The largest absolute Gasteiger partial charge is 0.449 e. The van der Waals surface area contributed by atoms with Gasteiger partial charge in [-0.3, -0.25) is 4.79 Å². The Bertz CT molecular complexity index is 364. The van der Waals surface area contributed by atoms with Crippen molar-refractivity contribution in [3.8, 4) is 11.5 Å². The van der Waals surface area contributed by atoms with Crippen molar-refractivity contribution in [3.05, 3.63) is 0 Å². The van der Waals surface area contributed by atoms with Crippen LogP contribution in [-0.2, 0) is 14.0 Å². The molecule has 1 atom stereocenters. The second-order valence-corrected chi connectivity index (χ2v) is 9.97. The van der Waals surface area contributed by atoms with Gasteiger partial charge < -0.3 is 9.16 Å². The molecule has 4 heteroatoms. The number of carbonyl (C=O) groups excluding carboxylic acids is 1. The highest BCUT2D eigenvalue weighted by atomic mass is 28.4. The first-order valence-electron chi connectivity index (χ1n) is 8.76. The fourth-order valence-electron chi connectivity index (χ4n) is 2.40. The normalized spacial score (nSPS) is 12.7. The van der Waals surface area contributed by atoms with Crippen molar-refractivity contribution in [3.63, 3.8) is 0 Å². The lowest BCUT2D eigenvalue weighted by molar-refractivity contribution is -0.144. The predicted octanol–water partition coefficient (Wildman–Crippen LogP) is 4.84. The summed E-state index contributed by atoms with van der Waals surface area (Å²) >= 11 is 0. The summed E-state index contributed by atoms with van der Waals surface area (Å²) in [7, 11) is -2.03. The lowest BCUT2D eigenvalue weighted by atomic mass is 10.1. The Morgan fingerprint density at radius 3 is 2.18 bits per heavy atom. The van der Waals surface area contributed by atoms with E-state index in [1.165, 1.54) is 26.2 Å². The first-order valence-corrected chi connectivity index (χ1v) is 11.1. The topological polar surface area (TPSA) is 35.5 Å². The molecule has 0 heterocycles. The van der Waals surface area contributed by atoms with Gasteiger partial charge in [0.25, 0.3) is 8.32 Å². The summed E-state index contributed by atoms with van der Waals surface area (Å²) < 4.78 is 11.5. The summed E-state index contributed by atoms with van der Waals surface area (Å²) in [4.78, 5) is 11.3. The van der Waals surface area contributed by atoms with Crippen LogP contribution in [0.15, 0.2) is 0 Å². The second-order valence-electron chi connectivity index (χ2n) is 6.08. The molecule has 0 rings (SSSR count). The molecule has 0 aliphatic carbocycles. The lowest BCUT2D eigenvalue weighted by Crippen LogP contribution is -2.38. The number of unbranched alkanes of at least 4 members (excludes halogenated alkanes) is 3. The van der Waals surface area contributed by atoms with Gasteiger partial charge in [0, 0.05) is 13.0 Å². The molecule has 0 fully saturated rings. The third-order valence-corrected chi connectivity index (χ3v) is 7.50.